The molecule has 0 unspecified atom stereocenters. The Morgan fingerprint density at radius 2 is 1.46 bits per heavy atom. The Morgan fingerprint density at radius 3 is 1.77 bits per heavy atom. The summed E-state index contributed by atoms with van der Waals surface area (Å²) in [5.74, 6) is -2.45. The highest BCUT2D eigenvalue weighted by molar-refractivity contribution is 6.59. The van der Waals surface area contributed by atoms with Crippen molar-refractivity contribution in [3.63, 3.8) is 0 Å². The van der Waals surface area contributed by atoms with Crippen molar-refractivity contribution in [1.29, 1.82) is 0 Å². The number of benzene rings is 1. The first-order valence-corrected chi connectivity index (χ1v) is 3.89. The van der Waals surface area contributed by atoms with Gasteiger partial charge in [0.1, 0.15) is 11.6 Å². The van der Waals surface area contributed by atoms with E-state index in [2.05, 4.69) is 0 Å². The van der Waals surface area contributed by atoms with Gasteiger partial charge in [-0.1, -0.05) is 23.2 Å². The molecule has 0 aromatic heterocycles. The Balaban J connectivity index is 3.46. The Hall–Kier alpha value is -0.355. The van der Waals surface area contributed by atoms with Gasteiger partial charge in [-0.3, -0.25) is 0 Å². The topological polar surface area (TPSA) is 40.5 Å². The predicted molar refractivity (Wildman–Crippen MR) is 46.2 cm³/mol. The van der Waals surface area contributed by atoms with Gasteiger partial charge in [0.05, 0.1) is 15.5 Å². The van der Waals surface area contributed by atoms with Crippen LogP contribution in [0.15, 0.2) is 6.07 Å². The van der Waals surface area contributed by atoms with E-state index in [1.807, 2.05) is 0 Å². The molecule has 0 saturated carbocycles. The third-order valence-electron chi connectivity index (χ3n) is 1.40. The molecule has 0 saturated heterocycles. The molecule has 0 aliphatic heterocycles. The molecule has 13 heavy (non-hydrogen) atoms. The van der Waals surface area contributed by atoms with Gasteiger partial charge in [-0.2, -0.15) is 0 Å². The lowest BCUT2D eigenvalue weighted by molar-refractivity contribution is 0.419. The molecule has 0 spiro atoms. The lowest BCUT2D eigenvalue weighted by Gasteiger charge is -2.06. The van der Waals surface area contributed by atoms with Crippen molar-refractivity contribution in [3.05, 3.63) is 27.7 Å². The van der Waals surface area contributed by atoms with Crippen LogP contribution in [0.3, 0.4) is 0 Å². The van der Waals surface area contributed by atoms with E-state index in [9.17, 15) is 8.78 Å². The van der Waals surface area contributed by atoms with Crippen LogP contribution in [-0.4, -0.2) is 17.2 Å². The highest BCUT2D eigenvalue weighted by atomic mass is 35.5. The van der Waals surface area contributed by atoms with Gasteiger partial charge in [0.2, 0.25) is 0 Å². The van der Waals surface area contributed by atoms with Crippen LogP contribution in [0.5, 0.6) is 0 Å². The molecule has 0 fully saturated rings. The normalized spacial score (nSPS) is 10.3. The van der Waals surface area contributed by atoms with Crippen LogP contribution in [0.2, 0.25) is 10.0 Å². The molecule has 1 aromatic rings. The van der Waals surface area contributed by atoms with Gasteiger partial charge in [-0.15, -0.1) is 0 Å². The van der Waals surface area contributed by atoms with Gasteiger partial charge in [0.15, 0.2) is 0 Å². The van der Waals surface area contributed by atoms with E-state index >= 15 is 0 Å². The monoisotopic (exact) mass is 226 g/mol. The maximum atomic E-state index is 12.9. The maximum absolute atomic E-state index is 12.9. The summed E-state index contributed by atoms with van der Waals surface area (Å²) in [6, 6.07) is 0.847. The Labute approximate surface area is 82.9 Å². The van der Waals surface area contributed by atoms with Crippen molar-refractivity contribution in [2.24, 2.45) is 0 Å². The molecule has 0 heterocycles. The van der Waals surface area contributed by atoms with Crippen LogP contribution in [0, 0.1) is 11.6 Å². The molecule has 0 radical (unpaired) electrons. The average molecular weight is 227 g/mol. The molecule has 0 aliphatic carbocycles. The molecule has 1 aromatic carbocycles. The van der Waals surface area contributed by atoms with Crippen molar-refractivity contribution in [2.45, 2.75) is 0 Å². The van der Waals surface area contributed by atoms with E-state index in [0.717, 1.165) is 6.07 Å². The van der Waals surface area contributed by atoms with Crippen molar-refractivity contribution in [2.75, 3.05) is 0 Å². The van der Waals surface area contributed by atoms with Crippen molar-refractivity contribution < 1.29 is 18.8 Å². The minimum Gasteiger partial charge on any atom is -0.423 e. The smallest absolute Gasteiger partial charge is 0.423 e. The fourth-order valence-electron chi connectivity index (χ4n) is 0.818. The third-order valence-corrected chi connectivity index (χ3v) is 1.95. The number of rotatable bonds is 1. The molecule has 70 valence electrons. The zero-order chi connectivity index (χ0) is 10.2. The Morgan fingerprint density at radius 1 is 1.08 bits per heavy atom. The first-order chi connectivity index (χ1) is 5.95. The largest absolute Gasteiger partial charge is 0.494 e. The predicted octanol–water partition coefficient (Wildman–Crippen LogP) is 0.951. The van der Waals surface area contributed by atoms with Crippen LogP contribution >= 0.6 is 23.2 Å². The molecule has 1 rings (SSSR count). The van der Waals surface area contributed by atoms with Gasteiger partial charge in [-0.05, 0) is 6.07 Å². The number of halogens is 4. The Kier molecular flexibility index (Phi) is 3.13. The van der Waals surface area contributed by atoms with E-state index in [0.29, 0.717) is 0 Å². The second-order valence-corrected chi connectivity index (χ2v) is 3.07. The number of hydrogen-bond donors (Lipinski definition) is 2. The van der Waals surface area contributed by atoms with E-state index in [4.69, 9.17) is 33.2 Å². The third kappa shape index (κ3) is 1.94. The van der Waals surface area contributed by atoms with Gasteiger partial charge >= 0.3 is 7.12 Å². The fraction of sp³-hybridized carbons (Fsp3) is 0. The minimum atomic E-state index is -2.28. The lowest BCUT2D eigenvalue weighted by atomic mass is 9.79. The van der Waals surface area contributed by atoms with E-state index in [1.54, 1.807) is 0 Å². The van der Waals surface area contributed by atoms with Crippen molar-refractivity contribution >= 4 is 35.8 Å². The highest BCUT2D eigenvalue weighted by Gasteiger charge is 2.25. The first kappa shape index (κ1) is 10.7. The van der Waals surface area contributed by atoms with Gasteiger partial charge in [0, 0.05) is 0 Å². The second-order valence-electron chi connectivity index (χ2n) is 2.26. The fourth-order valence-corrected chi connectivity index (χ4v) is 1.30. The highest BCUT2D eigenvalue weighted by Crippen LogP contribution is 2.21. The minimum absolute atomic E-state index is 0.463. The van der Waals surface area contributed by atoms with E-state index in [-0.39, 0.29) is 0 Å². The molecule has 7 heteroatoms. The average Bonchev–Trinajstić information content (AvgIpc) is 2.01. The zero-order valence-electron chi connectivity index (χ0n) is 6.06. The Bertz CT molecular complexity index is 320. The van der Waals surface area contributed by atoms with Gasteiger partial charge in [-0.25, -0.2) is 8.78 Å². The summed E-state index contributed by atoms with van der Waals surface area (Å²) >= 11 is 10.6. The summed E-state index contributed by atoms with van der Waals surface area (Å²) < 4.78 is 25.9. The molecular formula is C6H3BCl2F2O2. The van der Waals surface area contributed by atoms with Crippen LogP contribution in [0.1, 0.15) is 0 Å². The summed E-state index contributed by atoms with van der Waals surface area (Å²) in [4.78, 5) is 0. The van der Waals surface area contributed by atoms with Crippen LogP contribution in [0.4, 0.5) is 8.78 Å². The van der Waals surface area contributed by atoms with Crippen LogP contribution in [-0.2, 0) is 0 Å². The summed E-state index contributed by atoms with van der Waals surface area (Å²) in [7, 11) is -2.28. The standard InChI is InChI=1S/C6H3BCl2F2O2/c8-2-1-3(9)6(11)4(5(2)10)7(12)13/h1,12-13H. The summed E-state index contributed by atoms with van der Waals surface area (Å²) in [6.45, 7) is 0. The zero-order valence-corrected chi connectivity index (χ0v) is 7.57. The maximum Gasteiger partial charge on any atom is 0.494 e. The second kappa shape index (κ2) is 3.80. The number of hydrogen-bond acceptors (Lipinski definition) is 2. The van der Waals surface area contributed by atoms with Crippen LogP contribution < -0.4 is 5.46 Å². The van der Waals surface area contributed by atoms with E-state index in [1.165, 1.54) is 0 Å². The summed E-state index contributed by atoms with van der Waals surface area (Å²) in [5.41, 5.74) is -0.947. The summed E-state index contributed by atoms with van der Waals surface area (Å²) in [5, 5.41) is 16.3. The molecular weight excluding hydrogens is 224 g/mol. The quantitative estimate of drug-likeness (QED) is 0.553. The van der Waals surface area contributed by atoms with Crippen molar-refractivity contribution in [1.82, 2.24) is 0 Å². The lowest BCUT2D eigenvalue weighted by Crippen LogP contribution is -2.36. The molecule has 2 nitrogen and oxygen atoms in total. The van der Waals surface area contributed by atoms with Crippen LogP contribution in [0.25, 0.3) is 0 Å². The molecule has 0 atom stereocenters. The SMILES string of the molecule is OB(O)c1c(F)c(Cl)cc(Cl)c1F. The summed E-state index contributed by atoms with van der Waals surface area (Å²) in [6.07, 6.45) is 0. The first-order valence-electron chi connectivity index (χ1n) is 3.14. The van der Waals surface area contributed by atoms with Gasteiger partial charge in [0.25, 0.3) is 0 Å². The molecule has 2 N–H and O–H groups in total. The molecule has 0 bridgehead atoms. The molecule has 0 amide bonds. The van der Waals surface area contributed by atoms with Gasteiger partial charge < -0.3 is 10.0 Å². The van der Waals surface area contributed by atoms with Crippen molar-refractivity contribution in [3.8, 4) is 0 Å². The molecule has 0 aliphatic rings. The van der Waals surface area contributed by atoms with E-state index < -0.39 is 34.3 Å².